The highest BCUT2D eigenvalue weighted by Crippen LogP contribution is 2.15. The van der Waals surface area contributed by atoms with Gasteiger partial charge in [0.2, 0.25) is 0 Å². The molecule has 0 bridgehead atoms. The molecule has 1 saturated heterocycles. The average molecular weight is 288 g/mol. The van der Waals surface area contributed by atoms with Gasteiger partial charge in [0.05, 0.1) is 25.4 Å². The van der Waals surface area contributed by atoms with Crippen LogP contribution in [0.15, 0.2) is 24.3 Å². The summed E-state index contributed by atoms with van der Waals surface area (Å²) in [4.78, 5) is 14.3. The predicted molar refractivity (Wildman–Crippen MR) is 79.7 cm³/mol. The fourth-order valence-corrected chi connectivity index (χ4v) is 2.38. The topological polar surface area (TPSA) is 75.8 Å². The lowest BCUT2D eigenvalue weighted by Gasteiger charge is -2.36. The second kappa shape index (κ2) is 7.23. The van der Waals surface area contributed by atoms with Crippen LogP contribution in [0.5, 0.6) is 0 Å². The molecule has 0 aromatic heterocycles. The van der Waals surface area contributed by atoms with E-state index in [0.29, 0.717) is 18.7 Å². The summed E-state index contributed by atoms with van der Waals surface area (Å²) in [7, 11) is 0. The number of hydrogen-bond acceptors (Lipinski definition) is 4. The molecule has 2 rings (SSSR count). The van der Waals surface area contributed by atoms with E-state index < -0.39 is 0 Å². The van der Waals surface area contributed by atoms with E-state index in [9.17, 15) is 9.90 Å². The van der Waals surface area contributed by atoms with Gasteiger partial charge in [-0.25, -0.2) is 0 Å². The summed E-state index contributed by atoms with van der Waals surface area (Å²) in [5, 5.41) is 9.23. The molecule has 0 radical (unpaired) electrons. The highest BCUT2D eigenvalue weighted by Gasteiger charge is 2.28. The van der Waals surface area contributed by atoms with Gasteiger partial charge in [-0.3, -0.25) is 4.79 Å². The number of nitrogens with two attached hydrogens (primary N) is 1. The van der Waals surface area contributed by atoms with Crippen LogP contribution < -0.4 is 5.73 Å². The van der Waals surface area contributed by atoms with Gasteiger partial charge in [0.25, 0.3) is 5.91 Å². The monoisotopic (exact) mass is 288 g/mol. The number of hydrogen-bond donors (Lipinski definition) is 2. The van der Waals surface area contributed by atoms with Gasteiger partial charge in [-0.05, 0) is 25.1 Å². The van der Waals surface area contributed by atoms with E-state index in [2.05, 4.69) is 11.8 Å². The first kappa shape index (κ1) is 15.5. The fourth-order valence-electron chi connectivity index (χ4n) is 2.38. The van der Waals surface area contributed by atoms with E-state index in [-0.39, 0.29) is 31.3 Å². The van der Waals surface area contributed by atoms with E-state index in [0.717, 1.165) is 5.56 Å². The maximum absolute atomic E-state index is 12.5. The Hall–Kier alpha value is -1.87. The number of carbonyl (C=O) groups is 1. The van der Waals surface area contributed by atoms with E-state index in [1.54, 1.807) is 23.1 Å². The van der Waals surface area contributed by atoms with Crippen LogP contribution in [0.2, 0.25) is 0 Å². The largest absolute Gasteiger partial charge is 0.394 e. The minimum absolute atomic E-state index is 0.0694. The zero-order valence-corrected chi connectivity index (χ0v) is 12.1. The molecule has 1 aromatic carbocycles. The highest BCUT2D eigenvalue weighted by atomic mass is 16.5. The van der Waals surface area contributed by atoms with E-state index in [1.807, 2.05) is 13.0 Å². The zero-order chi connectivity index (χ0) is 15.2. The number of benzene rings is 1. The molecule has 3 N–H and O–H groups in total. The Kier molecular flexibility index (Phi) is 5.34. The van der Waals surface area contributed by atoms with Gasteiger partial charge in [0.15, 0.2) is 0 Å². The predicted octanol–water partition coefficient (Wildman–Crippen LogP) is 0.219. The average Bonchev–Trinajstić information content (AvgIpc) is 2.51. The van der Waals surface area contributed by atoms with Crippen molar-refractivity contribution in [2.75, 3.05) is 26.2 Å². The van der Waals surface area contributed by atoms with Crippen molar-refractivity contribution in [2.45, 2.75) is 19.1 Å². The van der Waals surface area contributed by atoms with Gasteiger partial charge in [0.1, 0.15) is 0 Å². The first-order valence-electron chi connectivity index (χ1n) is 6.98. The molecule has 1 aliphatic heterocycles. The Labute approximate surface area is 124 Å². The van der Waals surface area contributed by atoms with Gasteiger partial charge < -0.3 is 20.5 Å². The summed E-state index contributed by atoms with van der Waals surface area (Å²) in [5.41, 5.74) is 6.71. The van der Waals surface area contributed by atoms with E-state index >= 15 is 0 Å². The van der Waals surface area contributed by atoms with E-state index in [4.69, 9.17) is 10.5 Å². The molecule has 5 heteroatoms. The van der Waals surface area contributed by atoms with Crippen molar-refractivity contribution in [3.8, 4) is 11.8 Å². The minimum Gasteiger partial charge on any atom is -0.394 e. The Bertz CT molecular complexity index is 562. The van der Waals surface area contributed by atoms with Crippen molar-refractivity contribution in [3.05, 3.63) is 35.4 Å². The summed E-state index contributed by atoms with van der Waals surface area (Å²) < 4.78 is 5.55. The molecule has 1 aliphatic rings. The summed E-state index contributed by atoms with van der Waals surface area (Å²) in [5.74, 6) is 5.62. The van der Waals surface area contributed by atoms with Crippen LogP contribution in [-0.2, 0) is 4.74 Å². The number of amides is 1. The van der Waals surface area contributed by atoms with Crippen molar-refractivity contribution in [3.63, 3.8) is 0 Å². The molecule has 5 nitrogen and oxygen atoms in total. The molecule has 2 unspecified atom stereocenters. The van der Waals surface area contributed by atoms with Gasteiger partial charge in [-0.1, -0.05) is 17.9 Å². The molecule has 1 heterocycles. The SMILES string of the molecule is CC1CN(C(=O)c2cccc(C#CCN)c2)CC(CO)O1. The maximum Gasteiger partial charge on any atom is 0.254 e. The minimum atomic E-state index is -0.321. The quantitative estimate of drug-likeness (QED) is 0.763. The Morgan fingerprint density at radius 1 is 1.52 bits per heavy atom. The van der Waals surface area contributed by atoms with Crippen LogP contribution in [0.1, 0.15) is 22.8 Å². The van der Waals surface area contributed by atoms with Crippen LogP contribution in [-0.4, -0.2) is 54.4 Å². The lowest BCUT2D eigenvalue weighted by atomic mass is 10.1. The Balaban J connectivity index is 2.15. The van der Waals surface area contributed by atoms with Crippen molar-refractivity contribution >= 4 is 5.91 Å². The number of ether oxygens (including phenoxy) is 1. The van der Waals surface area contributed by atoms with Crippen LogP contribution in [0.4, 0.5) is 0 Å². The third kappa shape index (κ3) is 4.05. The molecule has 21 heavy (non-hydrogen) atoms. The fraction of sp³-hybridized carbons (Fsp3) is 0.438. The van der Waals surface area contributed by atoms with Crippen molar-refractivity contribution in [1.82, 2.24) is 4.90 Å². The molecule has 0 saturated carbocycles. The Morgan fingerprint density at radius 2 is 2.33 bits per heavy atom. The maximum atomic E-state index is 12.5. The van der Waals surface area contributed by atoms with Gasteiger partial charge in [-0.2, -0.15) is 0 Å². The molecule has 0 aliphatic carbocycles. The number of nitrogens with zero attached hydrogens (tertiary/aromatic N) is 1. The van der Waals surface area contributed by atoms with E-state index in [1.165, 1.54) is 0 Å². The van der Waals surface area contributed by atoms with Crippen LogP contribution in [0.25, 0.3) is 0 Å². The molecular formula is C16H20N2O3. The van der Waals surface area contributed by atoms with Crippen molar-refractivity contribution < 1.29 is 14.6 Å². The van der Waals surface area contributed by atoms with Crippen LogP contribution >= 0.6 is 0 Å². The number of carbonyl (C=O) groups excluding carboxylic acids is 1. The smallest absolute Gasteiger partial charge is 0.254 e. The standard InChI is InChI=1S/C16H20N2O3/c1-12-9-18(10-15(11-19)21-12)16(20)14-6-2-4-13(8-14)5-3-7-17/h2,4,6,8,12,15,19H,7,9-11,17H2,1H3. The molecule has 1 fully saturated rings. The molecular weight excluding hydrogens is 268 g/mol. The van der Waals surface area contributed by atoms with Gasteiger partial charge in [0, 0.05) is 24.2 Å². The molecule has 112 valence electrons. The highest BCUT2D eigenvalue weighted by molar-refractivity contribution is 5.94. The first-order chi connectivity index (χ1) is 10.1. The summed E-state index contributed by atoms with van der Waals surface area (Å²) in [6.45, 7) is 3.02. The molecule has 1 aromatic rings. The number of rotatable bonds is 2. The molecule has 0 spiro atoms. The van der Waals surface area contributed by atoms with Crippen LogP contribution in [0.3, 0.4) is 0 Å². The Morgan fingerprint density at radius 3 is 3.05 bits per heavy atom. The van der Waals surface area contributed by atoms with Gasteiger partial charge >= 0.3 is 0 Å². The van der Waals surface area contributed by atoms with Crippen LogP contribution in [0, 0.1) is 11.8 Å². The normalized spacial score (nSPS) is 21.6. The summed E-state index contributed by atoms with van der Waals surface area (Å²) in [6.07, 6.45) is -0.405. The third-order valence-electron chi connectivity index (χ3n) is 3.26. The number of aliphatic hydroxyl groups is 1. The first-order valence-corrected chi connectivity index (χ1v) is 6.98. The van der Waals surface area contributed by atoms with Gasteiger partial charge in [-0.15, -0.1) is 0 Å². The number of aliphatic hydroxyl groups excluding tert-OH is 1. The summed E-state index contributed by atoms with van der Waals surface area (Å²) in [6, 6.07) is 7.18. The van der Waals surface area contributed by atoms with Crippen molar-refractivity contribution in [1.29, 1.82) is 0 Å². The van der Waals surface area contributed by atoms with Crippen molar-refractivity contribution in [2.24, 2.45) is 5.73 Å². The second-order valence-electron chi connectivity index (χ2n) is 5.05. The second-order valence-corrected chi connectivity index (χ2v) is 5.05. The molecule has 1 amide bonds. The summed E-state index contributed by atoms with van der Waals surface area (Å²) >= 11 is 0. The number of morpholine rings is 1. The lowest BCUT2D eigenvalue weighted by molar-refractivity contribution is -0.0858. The third-order valence-corrected chi connectivity index (χ3v) is 3.26. The zero-order valence-electron chi connectivity index (χ0n) is 12.1. The lowest BCUT2D eigenvalue weighted by Crippen LogP contribution is -2.50. The molecule has 2 atom stereocenters.